The van der Waals surface area contributed by atoms with Crippen LogP contribution in [-0.2, 0) is 14.3 Å². The summed E-state index contributed by atoms with van der Waals surface area (Å²) in [4.78, 5) is 13.5. The smallest absolute Gasteiger partial charge is 0.186 e. The fourth-order valence-corrected chi connectivity index (χ4v) is 7.90. The molecule has 9 nitrogen and oxygen atoms in total. The first-order chi connectivity index (χ1) is 27.5. The third-order valence-corrected chi connectivity index (χ3v) is 12.3. The van der Waals surface area contributed by atoms with Crippen molar-refractivity contribution in [1.82, 2.24) is 0 Å². The van der Waals surface area contributed by atoms with Crippen molar-refractivity contribution in [2.24, 2.45) is 17.8 Å². The molecule has 1 unspecified atom stereocenters. The minimum absolute atomic E-state index is 0.293. The fourth-order valence-electron chi connectivity index (χ4n) is 7.90. The number of allylic oxidation sites excluding steroid dienone is 1. The van der Waals surface area contributed by atoms with E-state index in [9.17, 15) is 35.4 Å². The lowest BCUT2D eigenvalue weighted by Gasteiger charge is -2.40. The summed E-state index contributed by atoms with van der Waals surface area (Å²) in [5.41, 5.74) is 0. The van der Waals surface area contributed by atoms with E-state index >= 15 is 0 Å². The van der Waals surface area contributed by atoms with Gasteiger partial charge in [0.25, 0.3) is 0 Å². The number of carbonyl (C=O) groups excluding carboxylic acids is 1. The van der Waals surface area contributed by atoms with Gasteiger partial charge in [0.1, 0.15) is 30.5 Å². The molecule has 1 saturated heterocycles. The van der Waals surface area contributed by atoms with Gasteiger partial charge in [-0.15, -0.1) is 0 Å². The van der Waals surface area contributed by atoms with Gasteiger partial charge in [-0.3, -0.25) is 4.79 Å². The summed E-state index contributed by atoms with van der Waals surface area (Å²) >= 11 is 0. The Morgan fingerprint density at radius 3 is 1.51 bits per heavy atom. The lowest BCUT2D eigenvalue weighted by atomic mass is 9.91. The van der Waals surface area contributed by atoms with E-state index in [2.05, 4.69) is 27.7 Å². The summed E-state index contributed by atoms with van der Waals surface area (Å²) in [5, 5.41) is 62.3. The van der Waals surface area contributed by atoms with E-state index in [0.29, 0.717) is 12.8 Å². The molecular weight excluding hydrogens is 721 g/mol. The van der Waals surface area contributed by atoms with Crippen molar-refractivity contribution >= 4 is 5.78 Å². The Bertz CT molecular complexity index is 943. The molecule has 0 bridgehead atoms. The molecule has 0 aromatic heterocycles. The second kappa shape index (κ2) is 35.8. The van der Waals surface area contributed by atoms with Gasteiger partial charge >= 0.3 is 0 Å². The molecule has 1 aliphatic heterocycles. The summed E-state index contributed by atoms with van der Waals surface area (Å²) < 4.78 is 11.1. The Labute approximate surface area is 349 Å². The van der Waals surface area contributed by atoms with Gasteiger partial charge in [0.2, 0.25) is 0 Å². The maximum absolute atomic E-state index is 13.5. The molecule has 1 fully saturated rings. The Morgan fingerprint density at radius 2 is 1.05 bits per heavy atom. The number of aliphatic hydroxyl groups excluding tert-OH is 6. The topological polar surface area (TPSA) is 157 Å². The molecule has 0 radical (unpaired) electrons. The maximum Gasteiger partial charge on any atom is 0.186 e. The predicted molar refractivity (Wildman–Crippen MR) is 233 cm³/mol. The van der Waals surface area contributed by atoms with Crippen LogP contribution in [0.5, 0.6) is 0 Å². The summed E-state index contributed by atoms with van der Waals surface area (Å²) in [6.07, 6.45) is 28.4. The molecular formula is C48H92O9. The number of hydrogen-bond acceptors (Lipinski definition) is 9. The Hall–Kier alpha value is -0.910. The van der Waals surface area contributed by atoms with Crippen LogP contribution in [0.1, 0.15) is 214 Å². The van der Waals surface area contributed by atoms with Gasteiger partial charge in [-0.25, -0.2) is 0 Å². The van der Waals surface area contributed by atoms with Gasteiger partial charge in [-0.05, 0) is 31.1 Å². The van der Waals surface area contributed by atoms with E-state index in [1.165, 1.54) is 135 Å². The van der Waals surface area contributed by atoms with Crippen LogP contribution in [0, 0.1) is 17.8 Å². The van der Waals surface area contributed by atoms with Crippen molar-refractivity contribution < 1.29 is 44.9 Å². The van der Waals surface area contributed by atoms with Gasteiger partial charge in [-0.1, -0.05) is 207 Å². The second-order valence-electron chi connectivity index (χ2n) is 18.0. The molecule has 0 spiro atoms. The van der Waals surface area contributed by atoms with E-state index in [0.717, 1.165) is 50.4 Å². The lowest BCUT2D eigenvalue weighted by molar-refractivity contribution is -0.303. The molecule has 1 rings (SSSR count). The second-order valence-corrected chi connectivity index (χ2v) is 18.0. The first-order valence-corrected chi connectivity index (χ1v) is 24.0. The van der Waals surface area contributed by atoms with Crippen molar-refractivity contribution in [3.63, 3.8) is 0 Å². The zero-order chi connectivity index (χ0) is 42.1. The van der Waals surface area contributed by atoms with Crippen molar-refractivity contribution in [3.05, 3.63) is 12.2 Å². The van der Waals surface area contributed by atoms with Gasteiger partial charge in [-0.2, -0.15) is 0 Å². The number of aliphatic hydroxyl groups is 6. The van der Waals surface area contributed by atoms with Crippen LogP contribution >= 0.6 is 0 Å². The van der Waals surface area contributed by atoms with E-state index in [4.69, 9.17) is 9.47 Å². The van der Waals surface area contributed by atoms with Crippen LogP contribution in [0.3, 0.4) is 0 Å². The molecule has 57 heavy (non-hydrogen) atoms. The molecule has 0 aliphatic carbocycles. The zero-order valence-corrected chi connectivity index (χ0v) is 37.3. The Morgan fingerprint density at radius 1 is 0.614 bits per heavy atom. The van der Waals surface area contributed by atoms with Gasteiger partial charge in [0.05, 0.1) is 25.2 Å². The van der Waals surface area contributed by atoms with Crippen LogP contribution in [0.25, 0.3) is 0 Å². The van der Waals surface area contributed by atoms with Crippen molar-refractivity contribution in [2.75, 3.05) is 13.2 Å². The first-order valence-electron chi connectivity index (χ1n) is 24.0. The van der Waals surface area contributed by atoms with Gasteiger partial charge in [0.15, 0.2) is 12.1 Å². The summed E-state index contributed by atoms with van der Waals surface area (Å²) in [6, 6.07) is 0. The lowest BCUT2D eigenvalue weighted by Crippen LogP contribution is -2.59. The molecule has 0 aromatic carbocycles. The highest BCUT2D eigenvalue weighted by molar-refractivity contribution is 5.86. The Balaban J connectivity index is 2.38. The quantitative estimate of drug-likeness (QED) is 0.0263. The number of hydrogen-bond donors (Lipinski definition) is 6. The van der Waals surface area contributed by atoms with Crippen LogP contribution < -0.4 is 0 Å². The SMILES string of the molecule is CCC(C)CCCCCCCCC/C=C/[C@@H](O)[C@H](CO[C@@H]1O[C@H](CO)[C@H](O)[C@H](O)[C@H]1O)C(=O)[C@H](O)CCCCCCCCCCCCCCCCCCCC(C)C. The summed E-state index contributed by atoms with van der Waals surface area (Å²) in [5.74, 6) is -0.00570. The highest BCUT2D eigenvalue weighted by atomic mass is 16.7. The van der Waals surface area contributed by atoms with E-state index < -0.39 is 61.2 Å². The van der Waals surface area contributed by atoms with Crippen LogP contribution in [0.4, 0.5) is 0 Å². The highest BCUT2D eigenvalue weighted by Gasteiger charge is 2.44. The molecule has 9 atom stereocenters. The number of rotatable bonds is 39. The molecule has 1 aliphatic rings. The number of unbranched alkanes of at least 4 members (excludes halogenated alkanes) is 23. The predicted octanol–water partition coefficient (Wildman–Crippen LogP) is 9.89. The largest absolute Gasteiger partial charge is 0.394 e. The first kappa shape index (κ1) is 54.1. The Kier molecular flexibility index (Phi) is 34.0. The summed E-state index contributed by atoms with van der Waals surface area (Å²) in [6.45, 7) is 8.22. The van der Waals surface area contributed by atoms with Crippen molar-refractivity contribution in [1.29, 1.82) is 0 Å². The van der Waals surface area contributed by atoms with Crippen molar-refractivity contribution in [2.45, 2.75) is 257 Å². The third kappa shape index (κ3) is 26.8. The van der Waals surface area contributed by atoms with Crippen LogP contribution in [0.15, 0.2) is 12.2 Å². The molecule has 0 aromatic rings. The number of ether oxygens (including phenoxy) is 2. The summed E-state index contributed by atoms with van der Waals surface area (Å²) in [7, 11) is 0. The minimum Gasteiger partial charge on any atom is -0.394 e. The number of Topliss-reactive ketones (excluding diaryl/α,β-unsaturated/α-hetero) is 1. The van der Waals surface area contributed by atoms with Crippen LogP contribution in [-0.4, -0.2) is 92.5 Å². The molecule has 9 heteroatoms. The van der Waals surface area contributed by atoms with Gasteiger partial charge in [0, 0.05) is 0 Å². The normalized spacial score (nSPS) is 22.3. The average molecular weight is 813 g/mol. The molecule has 0 saturated carbocycles. The maximum atomic E-state index is 13.5. The minimum atomic E-state index is -1.62. The monoisotopic (exact) mass is 813 g/mol. The van der Waals surface area contributed by atoms with Crippen molar-refractivity contribution in [3.8, 4) is 0 Å². The molecule has 1 heterocycles. The van der Waals surface area contributed by atoms with E-state index in [-0.39, 0.29) is 6.61 Å². The van der Waals surface area contributed by atoms with Gasteiger partial charge < -0.3 is 40.1 Å². The average Bonchev–Trinajstić information content (AvgIpc) is 3.20. The molecule has 6 N–H and O–H groups in total. The third-order valence-electron chi connectivity index (χ3n) is 12.3. The molecule has 0 amide bonds. The van der Waals surface area contributed by atoms with Crippen LogP contribution in [0.2, 0.25) is 0 Å². The standard InChI is InChI=1S/C48H92O9/c1-5-39(4)33-29-25-21-17-15-19-22-26-30-34-41(50)40(37-56-48-47(55)46(54)45(53)43(36-49)57-48)44(52)42(51)35-31-27-23-18-14-12-10-8-6-7-9-11-13-16-20-24-28-32-38(2)3/h30,34,38-43,45-51,53-55H,5-29,31-33,35-37H2,1-4H3/b34-30+/t39?,40-,41+,42+,43+,45-,46-,47+,48+/m0/s1. The zero-order valence-electron chi connectivity index (χ0n) is 37.3. The van der Waals surface area contributed by atoms with E-state index in [1.807, 2.05) is 6.08 Å². The van der Waals surface area contributed by atoms with E-state index in [1.54, 1.807) is 6.08 Å². The highest BCUT2D eigenvalue weighted by Crippen LogP contribution is 2.25. The number of ketones is 1. The number of carbonyl (C=O) groups is 1. The fraction of sp³-hybridized carbons (Fsp3) is 0.938. The molecule has 338 valence electrons.